The molecule has 0 saturated heterocycles. The lowest BCUT2D eigenvalue weighted by atomic mass is 9.68. The van der Waals surface area contributed by atoms with Crippen molar-refractivity contribution in [3.63, 3.8) is 0 Å². The summed E-state index contributed by atoms with van der Waals surface area (Å²) in [6.45, 7) is 1.64. The van der Waals surface area contributed by atoms with Gasteiger partial charge in [0.15, 0.2) is 0 Å². The molecule has 0 spiro atoms. The number of aliphatic hydroxyl groups excluding tert-OH is 1. The molecule has 0 radical (unpaired) electrons. The van der Waals surface area contributed by atoms with Gasteiger partial charge in [-0.25, -0.2) is 9.67 Å². The van der Waals surface area contributed by atoms with Gasteiger partial charge in [0.2, 0.25) is 5.91 Å². The molecule has 32 heavy (non-hydrogen) atoms. The van der Waals surface area contributed by atoms with Crippen LogP contribution in [0.3, 0.4) is 0 Å². The molecule has 2 aliphatic heterocycles. The smallest absolute Gasteiger partial charge is 0.250 e. The zero-order valence-corrected chi connectivity index (χ0v) is 17.8. The Kier molecular flexibility index (Phi) is 5.50. The molecular formula is C23H25N7O2. The molecular weight excluding hydrogens is 406 g/mol. The number of azo groups is 1. The second kappa shape index (κ2) is 8.60. The first-order valence-corrected chi connectivity index (χ1v) is 10.7. The summed E-state index contributed by atoms with van der Waals surface area (Å²) in [5.41, 5.74) is 6.09. The molecule has 9 heteroatoms. The second-order valence-electron chi connectivity index (χ2n) is 8.14. The van der Waals surface area contributed by atoms with Crippen LogP contribution >= 0.6 is 0 Å². The fourth-order valence-corrected chi connectivity index (χ4v) is 4.86. The van der Waals surface area contributed by atoms with Crippen LogP contribution in [0.1, 0.15) is 35.2 Å². The molecule has 2 unspecified atom stereocenters. The molecule has 5 rings (SSSR count). The van der Waals surface area contributed by atoms with E-state index in [1.807, 2.05) is 7.05 Å². The van der Waals surface area contributed by atoms with Gasteiger partial charge in [0, 0.05) is 30.3 Å². The Balaban J connectivity index is 1.66. The number of aliphatic hydroxyl groups is 1. The van der Waals surface area contributed by atoms with E-state index in [9.17, 15) is 9.90 Å². The molecule has 1 amide bonds. The Bertz CT molecular complexity index is 1160. The quantitative estimate of drug-likeness (QED) is 0.646. The zero-order valence-electron chi connectivity index (χ0n) is 17.8. The standard InChI is InChI=1S/C23H25N7O2/c1-24-10-14-2-4-15(5-3-14)17-8-16-11-27-29-19-9-20(32)25-12-18(21(16)19)22(17)23-26-13-28-30(23)6-7-31/h2-5,9,12-13,17,22,24,31H,6-8,10-11H2,1H3,(H,25,32). The van der Waals surface area contributed by atoms with Gasteiger partial charge in [0.1, 0.15) is 12.2 Å². The van der Waals surface area contributed by atoms with Crippen LogP contribution in [0.25, 0.3) is 0 Å². The minimum absolute atomic E-state index is 0.0322. The van der Waals surface area contributed by atoms with Crippen LogP contribution in [0, 0.1) is 0 Å². The van der Waals surface area contributed by atoms with Crippen molar-refractivity contribution in [3.8, 4) is 0 Å². The van der Waals surface area contributed by atoms with Crippen molar-refractivity contribution in [1.29, 1.82) is 0 Å². The number of hydrogen-bond acceptors (Lipinski definition) is 7. The average Bonchev–Trinajstić information content (AvgIpc) is 3.18. The lowest BCUT2D eigenvalue weighted by Crippen LogP contribution is -2.27. The van der Waals surface area contributed by atoms with Crippen LogP contribution in [0.4, 0.5) is 0 Å². The summed E-state index contributed by atoms with van der Waals surface area (Å²) >= 11 is 0. The molecule has 0 bridgehead atoms. The summed E-state index contributed by atoms with van der Waals surface area (Å²) in [6, 6.07) is 8.61. The van der Waals surface area contributed by atoms with Crippen molar-refractivity contribution in [3.05, 3.63) is 82.2 Å². The first-order valence-electron chi connectivity index (χ1n) is 10.7. The molecule has 1 aromatic carbocycles. The lowest BCUT2D eigenvalue weighted by molar-refractivity contribution is -0.115. The number of amides is 1. The number of carbonyl (C=O) groups excluding carboxylic acids is 1. The molecule has 3 N–H and O–H groups in total. The van der Waals surface area contributed by atoms with Crippen molar-refractivity contribution >= 4 is 5.91 Å². The minimum atomic E-state index is -0.224. The predicted molar refractivity (Wildman–Crippen MR) is 117 cm³/mol. The van der Waals surface area contributed by atoms with E-state index in [-0.39, 0.29) is 24.3 Å². The summed E-state index contributed by atoms with van der Waals surface area (Å²) in [5, 5.41) is 28.5. The number of aromatic nitrogens is 3. The van der Waals surface area contributed by atoms with Crippen LogP contribution in [-0.2, 0) is 17.9 Å². The van der Waals surface area contributed by atoms with Crippen LogP contribution in [-0.4, -0.2) is 46.0 Å². The van der Waals surface area contributed by atoms with Crippen LogP contribution in [0.15, 0.2) is 75.5 Å². The van der Waals surface area contributed by atoms with Gasteiger partial charge < -0.3 is 15.7 Å². The molecule has 9 nitrogen and oxygen atoms in total. The maximum atomic E-state index is 12.3. The Morgan fingerprint density at radius 2 is 2.12 bits per heavy atom. The van der Waals surface area contributed by atoms with Gasteiger partial charge in [0.25, 0.3) is 0 Å². The molecule has 2 atom stereocenters. The first-order chi connectivity index (χ1) is 15.7. The summed E-state index contributed by atoms with van der Waals surface area (Å²) in [6.07, 6.45) is 5.59. The predicted octanol–water partition coefficient (Wildman–Crippen LogP) is 1.92. The summed E-state index contributed by atoms with van der Waals surface area (Å²) in [7, 11) is 1.93. The summed E-state index contributed by atoms with van der Waals surface area (Å²) in [5.74, 6) is 0.459. The largest absolute Gasteiger partial charge is 0.394 e. The number of carbonyl (C=O) groups is 1. The van der Waals surface area contributed by atoms with E-state index < -0.39 is 0 Å². The highest BCUT2D eigenvalue weighted by Crippen LogP contribution is 2.52. The number of hydrogen-bond donors (Lipinski definition) is 3. The molecule has 3 aliphatic rings. The van der Waals surface area contributed by atoms with Gasteiger partial charge >= 0.3 is 0 Å². The SMILES string of the molecule is CNCc1ccc(C2CC3=C4C(=CC(=O)NC=C4C2c2ncnn2CCO)N=NC3)cc1. The number of benzene rings is 1. The Morgan fingerprint density at radius 1 is 1.28 bits per heavy atom. The number of nitrogens with one attached hydrogen (secondary N) is 2. The van der Waals surface area contributed by atoms with Crippen molar-refractivity contribution < 1.29 is 9.90 Å². The second-order valence-corrected chi connectivity index (χ2v) is 8.14. The fourth-order valence-electron chi connectivity index (χ4n) is 4.86. The summed E-state index contributed by atoms with van der Waals surface area (Å²) < 4.78 is 1.75. The van der Waals surface area contributed by atoms with Gasteiger partial charge in [-0.2, -0.15) is 15.3 Å². The highest BCUT2D eigenvalue weighted by atomic mass is 16.3. The molecule has 3 heterocycles. The zero-order chi connectivity index (χ0) is 22.1. The van der Waals surface area contributed by atoms with E-state index in [1.54, 1.807) is 10.9 Å². The van der Waals surface area contributed by atoms with Crippen molar-refractivity contribution in [2.75, 3.05) is 20.2 Å². The molecule has 0 fully saturated rings. The maximum Gasteiger partial charge on any atom is 0.250 e. The molecule has 0 saturated carbocycles. The van der Waals surface area contributed by atoms with E-state index in [2.05, 4.69) is 55.2 Å². The van der Waals surface area contributed by atoms with Crippen molar-refractivity contribution in [1.82, 2.24) is 25.4 Å². The van der Waals surface area contributed by atoms with Crippen LogP contribution in [0.2, 0.25) is 0 Å². The minimum Gasteiger partial charge on any atom is -0.394 e. The molecule has 2 aromatic rings. The van der Waals surface area contributed by atoms with Crippen LogP contribution in [0.5, 0.6) is 0 Å². The van der Waals surface area contributed by atoms with Gasteiger partial charge in [-0.3, -0.25) is 4.79 Å². The van der Waals surface area contributed by atoms with Gasteiger partial charge in [-0.15, -0.1) is 0 Å². The maximum absolute atomic E-state index is 12.3. The van der Waals surface area contributed by atoms with Gasteiger partial charge in [-0.1, -0.05) is 24.3 Å². The Labute approximate surface area is 185 Å². The van der Waals surface area contributed by atoms with Crippen molar-refractivity contribution in [2.45, 2.75) is 31.3 Å². The Hall–Kier alpha value is -3.43. The highest BCUT2D eigenvalue weighted by Gasteiger charge is 2.41. The van der Waals surface area contributed by atoms with Crippen LogP contribution < -0.4 is 10.6 Å². The van der Waals surface area contributed by atoms with Gasteiger partial charge in [0.05, 0.1) is 31.3 Å². The number of allylic oxidation sites excluding steroid dienone is 1. The first kappa shape index (κ1) is 20.5. The van der Waals surface area contributed by atoms with E-state index in [0.717, 1.165) is 29.9 Å². The number of rotatable bonds is 6. The topological polar surface area (TPSA) is 117 Å². The van der Waals surface area contributed by atoms with E-state index in [0.29, 0.717) is 18.8 Å². The Morgan fingerprint density at radius 3 is 2.91 bits per heavy atom. The van der Waals surface area contributed by atoms with Gasteiger partial charge in [-0.05, 0) is 35.7 Å². The molecule has 1 aromatic heterocycles. The molecule has 164 valence electrons. The highest BCUT2D eigenvalue weighted by molar-refractivity contribution is 5.91. The molecule has 1 aliphatic carbocycles. The van der Waals surface area contributed by atoms with E-state index >= 15 is 0 Å². The lowest BCUT2D eigenvalue weighted by Gasteiger charge is -2.37. The average molecular weight is 432 g/mol. The third-order valence-electron chi connectivity index (χ3n) is 6.20. The monoisotopic (exact) mass is 431 g/mol. The third-order valence-corrected chi connectivity index (χ3v) is 6.20. The number of nitrogens with zero attached hydrogens (tertiary/aromatic N) is 5. The fraction of sp³-hybridized carbons (Fsp3) is 0.348. The normalized spacial score (nSPS) is 22.1. The van der Waals surface area contributed by atoms with E-state index in [4.69, 9.17) is 0 Å². The van der Waals surface area contributed by atoms with E-state index in [1.165, 1.54) is 29.1 Å². The van der Waals surface area contributed by atoms with Crippen molar-refractivity contribution in [2.24, 2.45) is 10.2 Å². The summed E-state index contributed by atoms with van der Waals surface area (Å²) in [4.78, 5) is 16.9. The third kappa shape index (κ3) is 3.59.